The number of carbonyl (C=O) groups excluding carboxylic acids is 13. The summed E-state index contributed by atoms with van der Waals surface area (Å²) >= 11 is 1.68. The first kappa shape index (κ1) is 107. The zero-order valence-corrected chi connectivity index (χ0v) is 73.0. The van der Waals surface area contributed by atoms with E-state index in [1.54, 1.807) is 18.7 Å². The molecule has 130 heavy (non-hydrogen) atoms. The molecule has 3 aromatic carbocycles. The van der Waals surface area contributed by atoms with Crippen LogP contribution in [0.1, 0.15) is 147 Å². The quantitative estimate of drug-likeness (QED) is 0.0109. The number of hydrogen-bond donors (Lipinski definition) is 30. The fourth-order valence-electron chi connectivity index (χ4n) is 13.8. The molecule has 48 heteroatoms. The second kappa shape index (κ2) is 54.1. The molecule has 33 N–H and O–H groups in total. The number of benzene rings is 3. The Balaban J connectivity index is 1.41. The molecule has 0 radical (unpaired) electrons. The third-order valence-corrected chi connectivity index (χ3v) is 22.7. The molecule has 716 valence electrons. The molecule has 3 aromatic rings. The van der Waals surface area contributed by atoms with Crippen molar-refractivity contribution in [3.05, 3.63) is 89.5 Å². The van der Waals surface area contributed by atoms with Crippen molar-refractivity contribution < 1.29 is 127 Å². The van der Waals surface area contributed by atoms with Crippen molar-refractivity contribution in [2.45, 2.75) is 252 Å². The number of rotatable bonds is 58. The summed E-state index contributed by atoms with van der Waals surface area (Å²) in [6, 6.07) is -7.21. The first-order valence-electron chi connectivity index (χ1n) is 42.2. The molecule has 0 aliphatic carbocycles. The summed E-state index contributed by atoms with van der Waals surface area (Å²) in [7, 11) is 0. The topological polar surface area (TPSA) is 790 Å². The van der Waals surface area contributed by atoms with E-state index >= 15 is 0 Å². The number of aliphatic hydroxyl groups excluding tert-OH is 2. The molecule has 47 nitrogen and oxygen atoms in total. The van der Waals surface area contributed by atoms with Crippen molar-refractivity contribution in [1.82, 2.24) is 85.1 Å². The van der Waals surface area contributed by atoms with Crippen LogP contribution in [0.2, 0.25) is 0 Å². The average molecular weight is 1850 g/mol. The highest BCUT2D eigenvalue weighted by Crippen LogP contribution is 2.33. The predicted molar refractivity (Wildman–Crippen MR) is 466 cm³/mol. The summed E-state index contributed by atoms with van der Waals surface area (Å²) in [6.45, 7) is 5.31. The summed E-state index contributed by atoms with van der Waals surface area (Å²) in [5.41, 5.74) is 17.2. The summed E-state index contributed by atoms with van der Waals surface area (Å²) in [5, 5.41) is 147. The Kier molecular flexibility index (Phi) is 44.6. The number of hydrogen-bond acceptors (Lipinski definition) is 26. The van der Waals surface area contributed by atoms with Crippen molar-refractivity contribution in [2.75, 3.05) is 25.4 Å². The van der Waals surface area contributed by atoms with Crippen LogP contribution in [0, 0.1) is 16.7 Å². The molecule has 2 heterocycles. The van der Waals surface area contributed by atoms with E-state index in [2.05, 4.69) is 85.1 Å². The van der Waals surface area contributed by atoms with Gasteiger partial charge in [0.25, 0.3) is 0 Å². The van der Waals surface area contributed by atoms with Gasteiger partial charge in [-0.15, -0.1) is 0 Å². The van der Waals surface area contributed by atoms with E-state index in [1.807, 2.05) is 0 Å². The molecule has 0 aromatic heterocycles. The van der Waals surface area contributed by atoms with Crippen LogP contribution in [0.5, 0.6) is 17.2 Å². The van der Waals surface area contributed by atoms with Crippen LogP contribution in [0.3, 0.4) is 0 Å². The number of fused-ring (bicyclic) bond motifs is 1. The van der Waals surface area contributed by atoms with Crippen LogP contribution in [-0.4, -0.2) is 286 Å². The number of nitrogens with one attached hydrogen (secondary N) is 18. The number of unbranched alkanes of at least 4 members (excludes halogenated alkanes) is 2. The van der Waals surface area contributed by atoms with E-state index in [0.29, 0.717) is 31.4 Å². The van der Waals surface area contributed by atoms with E-state index in [0.717, 1.165) is 6.92 Å². The van der Waals surface area contributed by atoms with E-state index in [4.69, 9.17) is 28.0 Å². The lowest BCUT2D eigenvalue weighted by molar-refractivity contribution is -0.143. The number of amides is 14. The summed E-state index contributed by atoms with van der Waals surface area (Å²) in [4.78, 5) is 235. The molecule has 2 saturated heterocycles. The van der Waals surface area contributed by atoms with E-state index in [9.17, 15) is 127 Å². The lowest BCUT2D eigenvalue weighted by Crippen LogP contribution is -2.63. The van der Waals surface area contributed by atoms with Crippen LogP contribution in [0.15, 0.2) is 72.8 Å². The number of carboxylic acids is 4. The van der Waals surface area contributed by atoms with Gasteiger partial charge in [-0.2, -0.15) is 11.8 Å². The minimum absolute atomic E-state index is 0.00832. The van der Waals surface area contributed by atoms with Gasteiger partial charge in [0.05, 0.1) is 37.1 Å². The molecule has 5 rings (SSSR count). The second-order valence-electron chi connectivity index (χ2n) is 31.6. The van der Waals surface area contributed by atoms with Gasteiger partial charge in [-0.1, -0.05) is 63.1 Å². The predicted octanol–water partition coefficient (Wildman–Crippen LogP) is -5.26. The van der Waals surface area contributed by atoms with Crippen molar-refractivity contribution in [1.29, 1.82) is 10.8 Å². The van der Waals surface area contributed by atoms with Gasteiger partial charge in [-0.05, 0) is 144 Å². The second-order valence-corrected chi connectivity index (χ2v) is 32.9. The minimum atomic E-state index is -2.25. The molecular formula is C82H121N21O26S. The normalized spacial score (nSPS) is 17.2. The maximum atomic E-state index is 14.9. The summed E-state index contributed by atoms with van der Waals surface area (Å²) < 4.78 is 0. The van der Waals surface area contributed by atoms with Gasteiger partial charge in [0.1, 0.15) is 89.8 Å². The Morgan fingerprint density at radius 3 is 1.19 bits per heavy atom. The van der Waals surface area contributed by atoms with Gasteiger partial charge in [0, 0.05) is 56.2 Å². The maximum absolute atomic E-state index is 14.9. The zero-order chi connectivity index (χ0) is 96.6. The fraction of sp³-hybridized carbons (Fsp3) is 0.549. The highest BCUT2D eigenvalue weighted by molar-refractivity contribution is 8.00. The fourth-order valence-corrected chi connectivity index (χ4v) is 15.4. The number of carboxylic acid groups (broad SMARTS) is 4. The van der Waals surface area contributed by atoms with Gasteiger partial charge < -0.3 is 148 Å². The molecule has 0 saturated carbocycles. The number of carbonyl (C=O) groups is 17. The number of phenols is 3. The van der Waals surface area contributed by atoms with E-state index in [-0.39, 0.29) is 128 Å². The van der Waals surface area contributed by atoms with E-state index in [1.165, 1.54) is 86.6 Å². The molecular weight excluding hydrogens is 1730 g/mol. The van der Waals surface area contributed by atoms with Gasteiger partial charge in [0.2, 0.25) is 70.9 Å². The minimum Gasteiger partial charge on any atom is -0.508 e. The number of aliphatic carboxylic acids is 4. The Morgan fingerprint density at radius 2 is 0.777 bits per heavy atom. The molecule has 0 bridgehead atoms. The first-order valence-corrected chi connectivity index (χ1v) is 43.3. The van der Waals surface area contributed by atoms with Crippen LogP contribution >= 0.6 is 11.8 Å². The molecule has 18 atom stereocenters. The number of thioether (sulfide) groups is 1. The van der Waals surface area contributed by atoms with E-state index < -0.39 is 242 Å². The van der Waals surface area contributed by atoms with Crippen LogP contribution < -0.4 is 102 Å². The van der Waals surface area contributed by atoms with Crippen molar-refractivity contribution in [2.24, 2.45) is 23.1 Å². The number of aromatic hydroxyl groups is 3. The van der Waals surface area contributed by atoms with Crippen LogP contribution in [0.4, 0.5) is 4.79 Å². The Morgan fingerprint density at radius 1 is 0.423 bits per heavy atom. The molecule has 2 aliphatic rings. The SMILES string of the molecule is CC[C@H](C)[C@H](NC(=O)[C@H](CC(=O)O)NC(=O)[C@H](CCCNC(=N)N)NC(=O)[C@@H](NC(=O)CCCC[C@@H]1SC[C@@H]2NC(=O)N[C@@H]21)[C@@H](C)O)C(=O)N[C@@H](Cc1ccc(O)cc1)C(=O)N[C@@H](CCC(=O)O)C(=O)N[C@H](C(=O)N[C@@H](CC(=O)O)C(=O)N[C@@H](Cc1ccc(O)cc1)C(=O)N[C@@H](Cc1ccc(O)cc1)C(=O)N[C@@H](CCCNC(=N)N)C(=O)N[C@@H](CCCCN)C(=O)O)[C@@H](C)O. The van der Waals surface area contributed by atoms with Crippen molar-refractivity contribution in [3.63, 3.8) is 0 Å². The smallest absolute Gasteiger partial charge is 0.326 e. The largest absolute Gasteiger partial charge is 0.508 e. The number of aliphatic hydroxyl groups is 2. The van der Waals surface area contributed by atoms with Crippen LogP contribution in [0.25, 0.3) is 0 Å². The van der Waals surface area contributed by atoms with Gasteiger partial charge >= 0.3 is 29.9 Å². The highest BCUT2D eigenvalue weighted by Gasteiger charge is 2.44. The number of phenolic OH excluding ortho intramolecular Hbond substituents is 3. The Labute approximate surface area is 751 Å². The average Bonchev–Trinajstić information content (AvgIpc) is 1.66. The number of nitrogens with two attached hydrogens (primary N) is 3. The molecule has 0 unspecified atom stereocenters. The number of guanidine groups is 2. The molecule has 2 fully saturated rings. The van der Waals surface area contributed by atoms with Gasteiger partial charge in [-0.25, -0.2) is 9.59 Å². The molecule has 2 aliphatic heterocycles. The third kappa shape index (κ3) is 37.5. The third-order valence-electron chi connectivity index (χ3n) is 21.1. The zero-order valence-electron chi connectivity index (χ0n) is 72.2. The van der Waals surface area contributed by atoms with Gasteiger partial charge in [0.15, 0.2) is 11.9 Å². The molecule has 0 spiro atoms. The summed E-state index contributed by atoms with van der Waals surface area (Å²) in [6.07, 6.45) is -7.62. The summed E-state index contributed by atoms with van der Waals surface area (Å²) in [5.74, 6) is -22.6. The highest BCUT2D eigenvalue weighted by atomic mass is 32.2. The lowest BCUT2D eigenvalue weighted by atomic mass is 9.96. The van der Waals surface area contributed by atoms with Crippen LogP contribution in [-0.2, 0) is 96.0 Å². The Bertz CT molecular complexity index is 4420. The number of urea groups is 1. The monoisotopic (exact) mass is 1850 g/mol. The lowest BCUT2D eigenvalue weighted by Gasteiger charge is -2.30. The van der Waals surface area contributed by atoms with Gasteiger partial charge in [-0.3, -0.25) is 82.7 Å². The Hall–Kier alpha value is -13.4. The van der Waals surface area contributed by atoms with Crippen molar-refractivity contribution in [3.8, 4) is 17.2 Å². The first-order chi connectivity index (χ1) is 61.4. The molecule has 14 amide bonds. The maximum Gasteiger partial charge on any atom is 0.326 e. The standard InChI is InChI=1S/C82H121N21O26S/c1-5-40(2)64(101-75(123)57(38-63(114)115)96-69(117)50(14-11-33-89-81(86)87)92-77(125)65(41(3)104)100-60(109)16-7-6-15-59-67-58(39-130-59)99-82(129)103-67)76(124)97-55(36-45-21-27-48(108)28-22-45)72(120)91-51(29-30-61(110)111)70(118)102-66(42(4)105)78(126)98-56(37-62(112)113)74(122)95-54(35-44-19-25-47(107)26-20-44)73(121)94-53(34-43-17-23-46(106)24-18-43)71(119)90-49(13-10-32-88-80(84)85)68(116)93-52(79(127)128)12-8-9-31-83/h17-28,40-42,49-59,64-67,104-108H,5-16,29-39,83H2,1-4H3,(H,90,119)(H,91,120)(H,92,125)(H,93,116)(H,94,121)(H,95,122)(H,96,117)(H,97,124)(H,98,126)(H,100,109)(H,101,123)(H,102,118)(H,110,111)(H,112,113)(H,114,115)(H,127,128)(H4,84,85,88)(H4,86,87,89)(H2,99,103,129)/t40-,41+,42+,49-,50-,51-,52-,53-,54-,55-,56-,57-,58-,59-,64-,65-,66-,67-/m0/s1. The van der Waals surface area contributed by atoms with Crippen molar-refractivity contribution >= 4 is 124 Å².